The standard InChI is InChI=1S/C12H23NO2S/c1-2-13(6-3-7-14)12(15)10-11-4-8-16-9-5-11/h11,14H,2-10H2,1H3. The minimum Gasteiger partial charge on any atom is -0.396 e. The molecule has 94 valence electrons. The van der Waals surface area contributed by atoms with Crippen LogP contribution in [0.15, 0.2) is 0 Å². The molecule has 1 saturated heterocycles. The Labute approximate surface area is 103 Å². The lowest BCUT2D eigenvalue weighted by Crippen LogP contribution is -2.34. The van der Waals surface area contributed by atoms with Crippen LogP contribution in [-0.2, 0) is 4.79 Å². The van der Waals surface area contributed by atoms with Gasteiger partial charge in [-0.3, -0.25) is 4.79 Å². The average Bonchev–Trinajstić information content (AvgIpc) is 2.31. The normalized spacial score (nSPS) is 17.4. The highest BCUT2D eigenvalue weighted by molar-refractivity contribution is 7.99. The summed E-state index contributed by atoms with van der Waals surface area (Å²) in [4.78, 5) is 13.9. The largest absolute Gasteiger partial charge is 0.396 e. The van der Waals surface area contributed by atoms with Gasteiger partial charge >= 0.3 is 0 Å². The Morgan fingerprint density at radius 1 is 1.44 bits per heavy atom. The summed E-state index contributed by atoms with van der Waals surface area (Å²) in [5.41, 5.74) is 0. The van der Waals surface area contributed by atoms with E-state index in [-0.39, 0.29) is 12.5 Å². The van der Waals surface area contributed by atoms with Crippen molar-refractivity contribution in [2.75, 3.05) is 31.2 Å². The van der Waals surface area contributed by atoms with Crippen molar-refractivity contribution in [2.24, 2.45) is 5.92 Å². The van der Waals surface area contributed by atoms with Crippen LogP contribution in [-0.4, -0.2) is 47.1 Å². The fourth-order valence-corrected chi connectivity index (χ4v) is 3.25. The van der Waals surface area contributed by atoms with Crippen molar-refractivity contribution in [3.8, 4) is 0 Å². The van der Waals surface area contributed by atoms with Gasteiger partial charge in [-0.15, -0.1) is 0 Å². The third-order valence-corrected chi connectivity index (χ3v) is 4.17. The van der Waals surface area contributed by atoms with Crippen molar-refractivity contribution >= 4 is 17.7 Å². The molecule has 0 saturated carbocycles. The zero-order valence-corrected chi connectivity index (χ0v) is 11.0. The first-order valence-electron chi connectivity index (χ1n) is 6.24. The maximum absolute atomic E-state index is 12.0. The second-order valence-electron chi connectivity index (χ2n) is 4.31. The summed E-state index contributed by atoms with van der Waals surface area (Å²) in [7, 11) is 0. The average molecular weight is 245 g/mol. The number of carbonyl (C=O) groups is 1. The molecule has 1 aliphatic rings. The third-order valence-electron chi connectivity index (χ3n) is 3.12. The molecule has 1 aliphatic heterocycles. The van der Waals surface area contributed by atoms with E-state index in [1.165, 1.54) is 24.3 Å². The van der Waals surface area contributed by atoms with Gasteiger partial charge in [0, 0.05) is 26.1 Å². The summed E-state index contributed by atoms with van der Waals surface area (Å²) in [6.45, 7) is 3.64. The van der Waals surface area contributed by atoms with Gasteiger partial charge in [0.25, 0.3) is 0 Å². The second kappa shape index (κ2) is 7.96. The smallest absolute Gasteiger partial charge is 0.222 e. The Morgan fingerprint density at radius 3 is 2.69 bits per heavy atom. The van der Waals surface area contributed by atoms with Crippen molar-refractivity contribution in [3.63, 3.8) is 0 Å². The fraction of sp³-hybridized carbons (Fsp3) is 0.917. The van der Waals surface area contributed by atoms with Crippen LogP contribution in [0.25, 0.3) is 0 Å². The van der Waals surface area contributed by atoms with Crippen LogP contribution >= 0.6 is 11.8 Å². The predicted molar refractivity (Wildman–Crippen MR) is 68.6 cm³/mol. The first-order chi connectivity index (χ1) is 7.77. The van der Waals surface area contributed by atoms with Gasteiger partial charge < -0.3 is 10.0 Å². The van der Waals surface area contributed by atoms with Gasteiger partial charge in [-0.1, -0.05) is 0 Å². The van der Waals surface area contributed by atoms with Gasteiger partial charge in [0.2, 0.25) is 5.91 Å². The van der Waals surface area contributed by atoms with Crippen LogP contribution in [0.4, 0.5) is 0 Å². The predicted octanol–water partition coefficient (Wildman–Crippen LogP) is 1.75. The zero-order chi connectivity index (χ0) is 11.8. The number of nitrogens with zero attached hydrogens (tertiary/aromatic N) is 1. The first-order valence-corrected chi connectivity index (χ1v) is 7.39. The molecule has 3 nitrogen and oxygen atoms in total. The SMILES string of the molecule is CCN(CCCO)C(=O)CC1CCSCC1. The molecule has 1 rings (SSSR count). The molecular weight excluding hydrogens is 222 g/mol. The molecule has 1 N–H and O–H groups in total. The van der Waals surface area contributed by atoms with Gasteiger partial charge in [-0.05, 0) is 43.6 Å². The molecule has 1 heterocycles. The Morgan fingerprint density at radius 2 is 2.12 bits per heavy atom. The molecule has 0 atom stereocenters. The Bertz CT molecular complexity index is 205. The number of carbonyl (C=O) groups excluding carboxylic acids is 1. The molecule has 0 bridgehead atoms. The van der Waals surface area contributed by atoms with E-state index in [1.807, 2.05) is 23.6 Å². The van der Waals surface area contributed by atoms with Crippen LogP contribution in [0, 0.1) is 5.92 Å². The lowest BCUT2D eigenvalue weighted by atomic mass is 9.98. The molecule has 0 aromatic carbocycles. The summed E-state index contributed by atoms with van der Waals surface area (Å²) in [6, 6.07) is 0. The summed E-state index contributed by atoms with van der Waals surface area (Å²) < 4.78 is 0. The highest BCUT2D eigenvalue weighted by Gasteiger charge is 2.20. The summed E-state index contributed by atoms with van der Waals surface area (Å²) in [6.07, 6.45) is 3.78. The minimum atomic E-state index is 0.170. The molecule has 0 radical (unpaired) electrons. The number of rotatable bonds is 6. The van der Waals surface area contributed by atoms with E-state index in [4.69, 9.17) is 5.11 Å². The van der Waals surface area contributed by atoms with Gasteiger partial charge in [-0.2, -0.15) is 11.8 Å². The minimum absolute atomic E-state index is 0.170. The maximum Gasteiger partial charge on any atom is 0.222 e. The monoisotopic (exact) mass is 245 g/mol. The molecule has 0 unspecified atom stereocenters. The highest BCUT2D eigenvalue weighted by atomic mass is 32.2. The number of aliphatic hydroxyl groups excluding tert-OH is 1. The van der Waals surface area contributed by atoms with E-state index in [0.717, 1.165) is 6.54 Å². The Hall–Kier alpha value is -0.220. The second-order valence-corrected chi connectivity index (χ2v) is 5.54. The highest BCUT2D eigenvalue weighted by Crippen LogP contribution is 2.25. The summed E-state index contributed by atoms with van der Waals surface area (Å²) in [5.74, 6) is 3.28. The van der Waals surface area contributed by atoms with Crippen LogP contribution in [0.1, 0.15) is 32.6 Å². The van der Waals surface area contributed by atoms with E-state index in [2.05, 4.69) is 0 Å². The van der Waals surface area contributed by atoms with Gasteiger partial charge in [0.15, 0.2) is 0 Å². The fourth-order valence-electron chi connectivity index (χ4n) is 2.05. The quantitative estimate of drug-likeness (QED) is 0.775. The van der Waals surface area contributed by atoms with Crippen LogP contribution in [0.2, 0.25) is 0 Å². The van der Waals surface area contributed by atoms with E-state index < -0.39 is 0 Å². The Kier molecular flexibility index (Phi) is 6.88. The first kappa shape index (κ1) is 13.8. The van der Waals surface area contributed by atoms with Crippen LogP contribution in [0.3, 0.4) is 0 Å². The molecular formula is C12H23NO2S. The van der Waals surface area contributed by atoms with Crippen molar-refractivity contribution in [3.05, 3.63) is 0 Å². The molecule has 1 fully saturated rings. The lowest BCUT2D eigenvalue weighted by Gasteiger charge is -2.25. The molecule has 0 aromatic rings. The van der Waals surface area contributed by atoms with E-state index in [9.17, 15) is 4.79 Å². The van der Waals surface area contributed by atoms with Gasteiger partial charge in [-0.25, -0.2) is 0 Å². The van der Waals surface area contributed by atoms with Gasteiger partial charge in [0.05, 0.1) is 0 Å². The van der Waals surface area contributed by atoms with Crippen molar-refractivity contribution in [2.45, 2.75) is 32.6 Å². The van der Waals surface area contributed by atoms with Crippen molar-refractivity contribution in [1.29, 1.82) is 0 Å². The van der Waals surface area contributed by atoms with E-state index >= 15 is 0 Å². The van der Waals surface area contributed by atoms with E-state index in [1.54, 1.807) is 0 Å². The third kappa shape index (κ3) is 4.74. The Balaban J connectivity index is 2.29. The topological polar surface area (TPSA) is 40.5 Å². The molecule has 0 aliphatic carbocycles. The van der Waals surface area contributed by atoms with E-state index in [0.29, 0.717) is 25.3 Å². The summed E-state index contributed by atoms with van der Waals surface area (Å²) in [5, 5.41) is 8.77. The maximum atomic E-state index is 12.0. The molecule has 4 heteroatoms. The van der Waals surface area contributed by atoms with Crippen molar-refractivity contribution < 1.29 is 9.90 Å². The summed E-state index contributed by atoms with van der Waals surface area (Å²) >= 11 is 2.00. The molecule has 0 aromatic heterocycles. The molecule has 1 amide bonds. The van der Waals surface area contributed by atoms with Crippen LogP contribution < -0.4 is 0 Å². The number of aliphatic hydroxyl groups is 1. The lowest BCUT2D eigenvalue weighted by molar-refractivity contribution is -0.132. The number of hydrogen-bond acceptors (Lipinski definition) is 3. The van der Waals surface area contributed by atoms with Crippen molar-refractivity contribution in [1.82, 2.24) is 4.90 Å². The van der Waals surface area contributed by atoms with Crippen LogP contribution in [0.5, 0.6) is 0 Å². The number of hydrogen-bond donors (Lipinski definition) is 1. The number of thioether (sulfide) groups is 1. The van der Waals surface area contributed by atoms with Gasteiger partial charge in [0.1, 0.15) is 0 Å². The molecule has 0 spiro atoms. The molecule has 16 heavy (non-hydrogen) atoms. The zero-order valence-electron chi connectivity index (χ0n) is 10.2. The number of amides is 1.